The van der Waals surface area contributed by atoms with Crippen molar-refractivity contribution < 1.29 is 4.74 Å². The Hall–Kier alpha value is -0.800. The fraction of sp³-hybridized carbons (Fsp3) is 0.444. The van der Waals surface area contributed by atoms with Crippen LogP contribution in [0.5, 0.6) is 0 Å². The predicted molar refractivity (Wildman–Crippen MR) is 52.2 cm³/mol. The van der Waals surface area contributed by atoms with Crippen LogP contribution < -0.4 is 5.32 Å². The first-order chi connectivity index (χ1) is 6.27. The van der Waals surface area contributed by atoms with E-state index in [0.29, 0.717) is 11.2 Å². The summed E-state index contributed by atoms with van der Waals surface area (Å²) in [7, 11) is 0. The molecule has 1 aromatic rings. The topological polar surface area (TPSA) is 34.2 Å². The molecule has 0 unspecified atom stereocenters. The Morgan fingerprint density at radius 3 is 2.92 bits per heavy atom. The number of ether oxygens (including phenoxy) is 1. The van der Waals surface area contributed by atoms with Crippen LogP contribution in [0, 0.1) is 6.92 Å². The Balaban J connectivity index is 2.17. The van der Waals surface area contributed by atoms with E-state index in [2.05, 4.69) is 10.3 Å². The largest absolute Gasteiger partial charge is 0.377 e. The van der Waals surface area contributed by atoms with Crippen LogP contribution in [-0.4, -0.2) is 24.2 Å². The third-order valence-corrected chi connectivity index (χ3v) is 2.39. The van der Waals surface area contributed by atoms with Crippen molar-refractivity contribution in [2.45, 2.75) is 13.0 Å². The van der Waals surface area contributed by atoms with E-state index in [1.165, 1.54) is 0 Å². The van der Waals surface area contributed by atoms with Gasteiger partial charge in [-0.2, -0.15) is 0 Å². The molecule has 13 heavy (non-hydrogen) atoms. The fourth-order valence-corrected chi connectivity index (χ4v) is 1.48. The van der Waals surface area contributed by atoms with Gasteiger partial charge in [-0.15, -0.1) is 0 Å². The smallest absolute Gasteiger partial charge is 0.152 e. The SMILES string of the molecule is Cc1ccnc(Cl)c1NC1COC1. The molecule has 2 heterocycles. The molecule has 0 aliphatic carbocycles. The van der Waals surface area contributed by atoms with Crippen molar-refractivity contribution in [3.63, 3.8) is 0 Å². The Morgan fingerprint density at radius 2 is 2.38 bits per heavy atom. The summed E-state index contributed by atoms with van der Waals surface area (Å²) >= 11 is 5.94. The number of nitrogens with zero attached hydrogens (tertiary/aromatic N) is 1. The highest BCUT2D eigenvalue weighted by Crippen LogP contribution is 2.24. The van der Waals surface area contributed by atoms with Gasteiger partial charge < -0.3 is 10.1 Å². The maximum absolute atomic E-state index is 5.94. The van der Waals surface area contributed by atoms with Crippen LogP contribution in [0.1, 0.15) is 5.56 Å². The van der Waals surface area contributed by atoms with Gasteiger partial charge in [0.05, 0.1) is 24.9 Å². The monoisotopic (exact) mass is 198 g/mol. The van der Waals surface area contributed by atoms with Gasteiger partial charge in [-0.25, -0.2) is 4.98 Å². The number of halogens is 1. The van der Waals surface area contributed by atoms with Gasteiger partial charge in [0.15, 0.2) is 5.15 Å². The minimum absolute atomic E-state index is 0.389. The first kappa shape index (κ1) is 8.78. The van der Waals surface area contributed by atoms with E-state index in [1.54, 1.807) is 6.20 Å². The second-order valence-corrected chi connectivity index (χ2v) is 3.53. The minimum Gasteiger partial charge on any atom is -0.377 e. The van der Waals surface area contributed by atoms with Crippen LogP contribution in [-0.2, 0) is 4.74 Å². The number of hydrogen-bond acceptors (Lipinski definition) is 3. The van der Waals surface area contributed by atoms with Crippen molar-refractivity contribution in [3.05, 3.63) is 23.0 Å². The molecule has 2 rings (SSSR count). The standard InChI is InChI=1S/C9H11ClN2O/c1-6-2-3-11-9(10)8(6)12-7-4-13-5-7/h2-3,7,12H,4-5H2,1H3. The zero-order valence-corrected chi connectivity index (χ0v) is 8.14. The molecule has 4 heteroatoms. The average molecular weight is 199 g/mol. The summed E-state index contributed by atoms with van der Waals surface area (Å²) in [6, 6.07) is 2.33. The van der Waals surface area contributed by atoms with Crippen LogP contribution in [0.4, 0.5) is 5.69 Å². The van der Waals surface area contributed by atoms with Crippen LogP contribution in [0.15, 0.2) is 12.3 Å². The Morgan fingerprint density at radius 1 is 1.62 bits per heavy atom. The van der Waals surface area contributed by atoms with Crippen molar-refractivity contribution in [1.29, 1.82) is 0 Å². The molecule has 1 aliphatic rings. The number of nitrogens with one attached hydrogen (secondary N) is 1. The maximum Gasteiger partial charge on any atom is 0.152 e. The Labute approximate surface area is 82.1 Å². The van der Waals surface area contributed by atoms with E-state index in [9.17, 15) is 0 Å². The minimum atomic E-state index is 0.389. The van der Waals surface area contributed by atoms with Crippen LogP contribution in [0.2, 0.25) is 5.15 Å². The lowest BCUT2D eigenvalue weighted by Crippen LogP contribution is -2.40. The summed E-state index contributed by atoms with van der Waals surface area (Å²) in [4.78, 5) is 4.01. The van der Waals surface area contributed by atoms with Crippen LogP contribution >= 0.6 is 11.6 Å². The van der Waals surface area contributed by atoms with Gasteiger partial charge in [0.2, 0.25) is 0 Å². The third-order valence-electron chi connectivity index (χ3n) is 2.10. The molecular weight excluding hydrogens is 188 g/mol. The van der Waals surface area contributed by atoms with Crippen molar-refractivity contribution in [1.82, 2.24) is 4.98 Å². The highest BCUT2D eigenvalue weighted by molar-refractivity contribution is 6.32. The molecule has 0 radical (unpaired) electrons. The van der Waals surface area contributed by atoms with E-state index in [-0.39, 0.29) is 0 Å². The fourth-order valence-electron chi connectivity index (χ4n) is 1.22. The average Bonchev–Trinajstić information content (AvgIpc) is 2.00. The normalized spacial score (nSPS) is 16.8. The summed E-state index contributed by atoms with van der Waals surface area (Å²) in [6.45, 7) is 3.52. The van der Waals surface area contributed by atoms with Gasteiger partial charge in [0, 0.05) is 6.20 Å². The molecule has 0 saturated carbocycles. The third kappa shape index (κ3) is 1.76. The molecule has 0 bridgehead atoms. The summed E-state index contributed by atoms with van der Waals surface area (Å²) in [5.74, 6) is 0. The van der Waals surface area contributed by atoms with Gasteiger partial charge in [-0.3, -0.25) is 0 Å². The van der Waals surface area contributed by atoms with Crippen molar-refractivity contribution in [2.24, 2.45) is 0 Å². The second-order valence-electron chi connectivity index (χ2n) is 3.17. The molecule has 3 nitrogen and oxygen atoms in total. The van der Waals surface area contributed by atoms with Gasteiger partial charge in [-0.1, -0.05) is 11.6 Å². The highest BCUT2D eigenvalue weighted by atomic mass is 35.5. The lowest BCUT2D eigenvalue weighted by Gasteiger charge is -2.28. The van der Waals surface area contributed by atoms with Gasteiger partial charge in [0.25, 0.3) is 0 Å². The molecule has 1 saturated heterocycles. The first-order valence-corrected chi connectivity index (χ1v) is 4.60. The van der Waals surface area contributed by atoms with Crippen molar-refractivity contribution in [3.8, 4) is 0 Å². The zero-order valence-electron chi connectivity index (χ0n) is 7.38. The molecule has 1 fully saturated rings. The molecule has 0 spiro atoms. The summed E-state index contributed by atoms with van der Waals surface area (Å²) < 4.78 is 5.06. The van der Waals surface area contributed by atoms with Crippen molar-refractivity contribution in [2.75, 3.05) is 18.5 Å². The second kappa shape index (κ2) is 3.52. The number of anilines is 1. The molecule has 0 atom stereocenters. The molecule has 1 aliphatic heterocycles. The van der Waals surface area contributed by atoms with Gasteiger partial charge >= 0.3 is 0 Å². The van der Waals surface area contributed by atoms with Gasteiger partial charge in [0.1, 0.15) is 0 Å². The quantitative estimate of drug-likeness (QED) is 0.737. The highest BCUT2D eigenvalue weighted by Gasteiger charge is 2.19. The molecule has 0 aromatic carbocycles. The van der Waals surface area contributed by atoms with E-state index in [1.807, 2.05) is 13.0 Å². The van der Waals surface area contributed by atoms with E-state index in [0.717, 1.165) is 24.5 Å². The van der Waals surface area contributed by atoms with Crippen LogP contribution in [0.3, 0.4) is 0 Å². The number of pyridine rings is 1. The number of aryl methyl sites for hydroxylation is 1. The van der Waals surface area contributed by atoms with E-state index < -0.39 is 0 Å². The van der Waals surface area contributed by atoms with Crippen molar-refractivity contribution >= 4 is 17.3 Å². The molecule has 70 valence electrons. The maximum atomic E-state index is 5.94. The number of rotatable bonds is 2. The predicted octanol–water partition coefficient (Wildman–Crippen LogP) is 1.85. The van der Waals surface area contributed by atoms with E-state index >= 15 is 0 Å². The zero-order chi connectivity index (χ0) is 9.26. The summed E-state index contributed by atoms with van der Waals surface area (Å²) in [5, 5.41) is 3.83. The lowest BCUT2D eigenvalue weighted by atomic mass is 10.2. The summed E-state index contributed by atoms with van der Waals surface area (Å²) in [6.07, 6.45) is 1.71. The first-order valence-electron chi connectivity index (χ1n) is 4.23. The molecule has 1 N–H and O–H groups in total. The molecular formula is C9H11ClN2O. The Bertz CT molecular complexity index is 292. The summed E-state index contributed by atoms with van der Waals surface area (Å²) in [5.41, 5.74) is 2.05. The number of hydrogen-bond donors (Lipinski definition) is 1. The van der Waals surface area contributed by atoms with E-state index in [4.69, 9.17) is 16.3 Å². The lowest BCUT2D eigenvalue weighted by molar-refractivity contribution is 0.0211. The van der Waals surface area contributed by atoms with Crippen LogP contribution in [0.25, 0.3) is 0 Å². The molecule has 0 amide bonds. The number of aromatic nitrogens is 1. The Kier molecular flexibility index (Phi) is 2.38. The molecule has 1 aromatic heterocycles. The van der Waals surface area contributed by atoms with Gasteiger partial charge in [-0.05, 0) is 18.6 Å².